The zero-order chi connectivity index (χ0) is 17.4. The number of imide groups is 1. The normalized spacial score (nSPS) is 24.2. The highest BCUT2D eigenvalue weighted by Crippen LogP contribution is 2.36. The van der Waals surface area contributed by atoms with Crippen molar-refractivity contribution < 1.29 is 18.8 Å². The number of likely N-dealkylation sites (tertiary alicyclic amines) is 1. The van der Waals surface area contributed by atoms with Crippen molar-refractivity contribution in [3.8, 4) is 0 Å². The van der Waals surface area contributed by atoms with Crippen molar-refractivity contribution in [2.75, 3.05) is 7.05 Å². The molecule has 3 rings (SSSR count). The van der Waals surface area contributed by atoms with Crippen LogP contribution in [0.2, 0.25) is 0 Å². The van der Waals surface area contributed by atoms with Crippen LogP contribution in [0.15, 0.2) is 28.7 Å². The van der Waals surface area contributed by atoms with Crippen LogP contribution in [0.3, 0.4) is 0 Å². The molecule has 0 radical (unpaired) electrons. The van der Waals surface area contributed by atoms with Gasteiger partial charge in [0.2, 0.25) is 17.7 Å². The standard InChI is InChI=1S/C18H22N2O4/c1-11-8-9-13(24-11)10-19(3)16(21)12(2)20-17(22)14-6-4-5-7-15(14)18(20)23/h4-5,8-9,12,14-15H,6-7,10H2,1-3H3/t12-,14+,15+/m0/s1. The number of nitrogens with zero attached hydrogens (tertiary/aromatic N) is 2. The lowest BCUT2D eigenvalue weighted by Crippen LogP contribution is -2.48. The molecule has 3 atom stereocenters. The predicted octanol–water partition coefficient (Wildman–Crippen LogP) is 1.89. The molecule has 1 aromatic heterocycles. The number of allylic oxidation sites excluding steroid dienone is 2. The first-order valence-corrected chi connectivity index (χ1v) is 8.22. The van der Waals surface area contributed by atoms with Crippen molar-refractivity contribution in [1.82, 2.24) is 9.80 Å². The third kappa shape index (κ3) is 2.77. The van der Waals surface area contributed by atoms with Gasteiger partial charge in [0.25, 0.3) is 0 Å². The Morgan fingerprint density at radius 1 is 1.25 bits per heavy atom. The molecule has 1 aliphatic carbocycles. The van der Waals surface area contributed by atoms with E-state index >= 15 is 0 Å². The molecule has 0 spiro atoms. The number of carbonyl (C=O) groups excluding carboxylic acids is 3. The Hall–Kier alpha value is -2.37. The average Bonchev–Trinajstić information content (AvgIpc) is 3.08. The fourth-order valence-electron chi connectivity index (χ4n) is 3.52. The smallest absolute Gasteiger partial charge is 0.245 e. The van der Waals surface area contributed by atoms with E-state index < -0.39 is 6.04 Å². The van der Waals surface area contributed by atoms with Crippen LogP contribution in [0.25, 0.3) is 0 Å². The first kappa shape index (κ1) is 16.5. The number of hydrogen-bond donors (Lipinski definition) is 0. The van der Waals surface area contributed by atoms with Crippen molar-refractivity contribution in [2.24, 2.45) is 11.8 Å². The van der Waals surface area contributed by atoms with Crippen molar-refractivity contribution in [3.63, 3.8) is 0 Å². The lowest BCUT2D eigenvalue weighted by Gasteiger charge is -2.26. The third-order valence-corrected chi connectivity index (χ3v) is 4.85. The summed E-state index contributed by atoms with van der Waals surface area (Å²) in [6.45, 7) is 3.76. The summed E-state index contributed by atoms with van der Waals surface area (Å²) in [5.41, 5.74) is 0. The van der Waals surface area contributed by atoms with Gasteiger partial charge in [-0.25, -0.2) is 0 Å². The monoisotopic (exact) mass is 330 g/mol. The van der Waals surface area contributed by atoms with Crippen molar-refractivity contribution in [1.29, 1.82) is 0 Å². The molecule has 6 nitrogen and oxygen atoms in total. The maximum Gasteiger partial charge on any atom is 0.245 e. The summed E-state index contributed by atoms with van der Waals surface area (Å²) >= 11 is 0. The Morgan fingerprint density at radius 3 is 2.33 bits per heavy atom. The molecule has 128 valence electrons. The van der Waals surface area contributed by atoms with E-state index in [1.54, 1.807) is 14.0 Å². The van der Waals surface area contributed by atoms with Crippen LogP contribution < -0.4 is 0 Å². The van der Waals surface area contributed by atoms with Crippen LogP contribution in [0.5, 0.6) is 0 Å². The number of likely N-dealkylation sites (N-methyl/N-ethyl adjacent to an activating group) is 1. The zero-order valence-electron chi connectivity index (χ0n) is 14.2. The minimum atomic E-state index is -0.795. The summed E-state index contributed by atoms with van der Waals surface area (Å²) < 4.78 is 5.48. The maximum atomic E-state index is 12.7. The van der Waals surface area contributed by atoms with E-state index in [1.165, 1.54) is 4.90 Å². The second-order valence-electron chi connectivity index (χ2n) is 6.58. The fourth-order valence-corrected chi connectivity index (χ4v) is 3.52. The Morgan fingerprint density at radius 2 is 1.83 bits per heavy atom. The molecule has 2 heterocycles. The number of carbonyl (C=O) groups is 3. The highest BCUT2D eigenvalue weighted by molar-refractivity contribution is 6.08. The van der Waals surface area contributed by atoms with Gasteiger partial charge >= 0.3 is 0 Å². The van der Waals surface area contributed by atoms with Crippen LogP contribution >= 0.6 is 0 Å². The van der Waals surface area contributed by atoms with E-state index in [9.17, 15) is 14.4 Å². The van der Waals surface area contributed by atoms with Gasteiger partial charge < -0.3 is 9.32 Å². The second-order valence-corrected chi connectivity index (χ2v) is 6.58. The Balaban J connectivity index is 1.71. The highest BCUT2D eigenvalue weighted by Gasteiger charge is 2.50. The van der Waals surface area contributed by atoms with Gasteiger partial charge in [-0.15, -0.1) is 0 Å². The van der Waals surface area contributed by atoms with Crippen LogP contribution in [-0.4, -0.2) is 40.6 Å². The van der Waals surface area contributed by atoms with E-state index in [0.717, 1.165) is 10.7 Å². The summed E-state index contributed by atoms with van der Waals surface area (Å²) in [5.74, 6) is 0.117. The lowest BCUT2D eigenvalue weighted by atomic mass is 9.85. The highest BCUT2D eigenvalue weighted by atomic mass is 16.3. The zero-order valence-corrected chi connectivity index (χ0v) is 14.2. The van der Waals surface area contributed by atoms with Gasteiger partial charge in [-0.3, -0.25) is 19.3 Å². The second kappa shape index (κ2) is 6.26. The molecule has 0 N–H and O–H groups in total. The van der Waals surface area contributed by atoms with E-state index in [2.05, 4.69) is 0 Å². The maximum absolute atomic E-state index is 12.7. The van der Waals surface area contributed by atoms with Gasteiger partial charge in [0.15, 0.2) is 0 Å². The SMILES string of the molecule is Cc1ccc(CN(C)C(=O)[C@H](C)N2C(=O)[C@@H]3CC=CC[C@H]3C2=O)o1. The number of amides is 3. The van der Waals surface area contributed by atoms with E-state index in [-0.39, 0.29) is 29.6 Å². The van der Waals surface area contributed by atoms with Crippen molar-refractivity contribution in [3.05, 3.63) is 35.8 Å². The van der Waals surface area contributed by atoms with Crippen LogP contribution in [0.1, 0.15) is 31.3 Å². The van der Waals surface area contributed by atoms with Crippen molar-refractivity contribution >= 4 is 17.7 Å². The molecule has 24 heavy (non-hydrogen) atoms. The molecule has 0 aromatic carbocycles. The minimum Gasteiger partial charge on any atom is -0.464 e. The van der Waals surface area contributed by atoms with Gasteiger partial charge in [0.05, 0.1) is 18.4 Å². The average molecular weight is 330 g/mol. The van der Waals surface area contributed by atoms with Crippen LogP contribution in [0.4, 0.5) is 0 Å². The van der Waals surface area contributed by atoms with Crippen LogP contribution in [0, 0.1) is 18.8 Å². The first-order chi connectivity index (χ1) is 11.4. The summed E-state index contributed by atoms with van der Waals surface area (Å²) in [4.78, 5) is 40.4. The van der Waals surface area contributed by atoms with E-state index in [0.29, 0.717) is 25.1 Å². The first-order valence-electron chi connectivity index (χ1n) is 8.22. The molecule has 1 fully saturated rings. The quantitative estimate of drug-likeness (QED) is 0.624. The van der Waals surface area contributed by atoms with E-state index in [1.807, 2.05) is 31.2 Å². The largest absolute Gasteiger partial charge is 0.464 e. The molecule has 0 saturated carbocycles. The number of fused-ring (bicyclic) bond motifs is 1. The number of aryl methyl sites for hydroxylation is 1. The third-order valence-electron chi connectivity index (χ3n) is 4.85. The molecule has 1 aromatic rings. The summed E-state index contributed by atoms with van der Waals surface area (Å²) in [6.07, 6.45) is 5.03. The molecule has 3 amide bonds. The molecule has 0 bridgehead atoms. The summed E-state index contributed by atoms with van der Waals surface area (Å²) in [7, 11) is 1.65. The fraction of sp³-hybridized carbons (Fsp3) is 0.500. The molecule has 6 heteroatoms. The molecule has 0 unspecified atom stereocenters. The molecule has 1 saturated heterocycles. The number of hydrogen-bond acceptors (Lipinski definition) is 4. The van der Waals surface area contributed by atoms with Crippen LogP contribution in [-0.2, 0) is 20.9 Å². The van der Waals surface area contributed by atoms with Gasteiger partial charge in [0, 0.05) is 7.05 Å². The van der Waals surface area contributed by atoms with Crippen molar-refractivity contribution in [2.45, 2.75) is 39.3 Å². The van der Waals surface area contributed by atoms with Gasteiger partial charge in [-0.05, 0) is 38.8 Å². The predicted molar refractivity (Wildman–Crippen MR) is 86.6 cm³/mol. The molecular formula is C18H22N2O4. The molecule has 1 aliphatic heterocycles. The van der Waals surface area contributed by atoms with Gasteiger partial charge in [-0.1, -0.05) is 12.2 Å². The Kier molecular flexibility index (Phi) is 4.30. The number of rotatable bonds is 4. The Labute approximate surface area is 141 Å². The van der Waals surface area contributed by atoms with E-state index in [4.69, 9.17) is 4.42 Å². The topological polar surface area (TPSA) is 70.8 Å². The van der Waals surface area contributed by atoms with Gasteiger partial charge in [-0.2, -0.15) is 0 Å². The Bertz CT molecular complexity index is 680. The summed E-state index contributed by atoms with van der Waals surface area (Å²) in [6, 6.07) is 2.86. The lowest BCUT2D eigenvalue weighted by molar-refractivity contribution is -0.150. The molecular weight excluding hydrogens is 308 g/mol. The number of furan rings is 1. The molecule has 2 aliphatic rings. The van der Waals surface area contributed by atoms with Gasteiger partial charge in [0.1, 0.15) is 17.6 Å². The summed E-state index contributed by atoms with van der Waals surface area (Å²) in [5, 5.41) is 0. The minimum absolute atomic E-state index is 0.225.